The van der Waals surface area contributed by atoms with E-state index in [1.54, 1.807) is 20.0 Å². The molecule has 0 fully saturated rings. The lowest BCUT2D eigenvalue weighted by Crippen LogP contribution is -2.39. The van der Waals surface area contributed by atoms with Gasteiger partial charge in [0.1, 0.15) is 5.82 Å². The van der Waals surface area contributed by atoms with E-state index in [0.717, 1.165) is 12.4 Å². The fourth-order valence-corrected chi connectivity index (χ4v) is 1.41. The zero-order valence-electron chi connectivity index (χ0n) is 9.57. The number of aromatic nitrogens is 1. The lowest BCUT2D eigenvalue weighted by atomic mass is 10.1. The number of hydrogen-bond acceptors (Lipinski definition) is 4. The Balaban J connectivity index is 2.79. The summed E-state index contributed by atoms with van der Waals surface area (Å²) in [6.45, 7) is 6.96. The number of anilines is 2. The van der Waals surface area contributed by atoms with Gasteiger partial charge in [-0.3, -0.25) is 0 Å². The molecule has 4 nitrogen and oxygen atoms in total. The summed E-state index contributed by atoms with van der Waals surface area (Å²) in [7, 11) is 0. The maximum atomic E-state index is 9.74. The van der Waals surface area contributed by atoms with Crippen molar-refractivity contribution in [2.45, 2.75) is 26.4 Å². The van der Waals surface area contributed by atoms with Gasteiger partial charge in [0.15, 0.2) is 0 Å². The fourth-order valence-electron chi connectivity index (χ4n) is 1.41. The van der Waals surface area contributed by atoms with Crippen molar-refractivity contribution >= 4 is 11.5 Å². The van der Waals surface area contributed by atoms with Crippen LogP contribution in [0.15, 0.2) is 18.3 Å². The molecule has 0 unspecified atom stereocenters. The molecular weight excluding hydrogens is 190 g/mol. The monoisotopic (exact) mass is 209 g/mol. The molecule has 0 aliphatic heterocycles. The van der Waals surface area contributed by atoms with Crippen molar-refractivity contribution in [3.05, 3.63) is 18.3 Å². The lowest BCUT2D eigenvalue weighted by molar-refractivity contribution is 0.0874. The summed E-state index contributed by atoms with van der Waals surface area (Å²) in [4.78, 5) is 6.24. The summed E-state index contributed by atoms with van der Waals surface area (Å²) in [5.41, 5.74) is 5.49. The van der Waals surface area contributed by atoms with Crippen molar-refractivity contribution in [2.24, 2.45) is 0 Å². The Bertz CT molecular complexity index is 303. The number of hydrogen-bond donors (Lipinski definition) is 2. The van der Waals surface area contributed by atoms with Gasteiger partial charge in [-0.25, -0.2) is 4.98 Å². The summed E-state index contributed by atoms with van der Waals surface area (Å²) < 4.78 is 0. The molecule has 0 atom stereocenters. The zero-order valence-corrected chi connectivity index (χ0v) is 9.57. The van der Waals surface area contributed by atoms with E-state index in [1.165, 1.54) is 0 Å². The molecule has 1 aromatic heterocycles. The average molecular weight is 209 g/mol. The highest BCUT2D eigenvalue weighted by atomic mass is 16.3. The minimum absolute atomic E-state index is 0.556. The van der Waals surface area contributed by atoms with Gasteiger partial charge < -0.3 is 15.7 Å². The summed E-state index contributed by atoms with van der Waals surface area (Å²) in [6.07, 6.45) is 1.63. The van der Waals surface area contributed by atoms with Crippen molar-refractivity contribution in [2.75, 3.05) is 23.7 Å². The van der Waals surface area contributed by atoms with E-state index >= 15 is 0 Å². The van der Waals surface area contributed by atoms with Gasteiger partial charge in [-0.1, -0.05) is 0 Å². The summed E-state index contributed by atoms with van der Waals surface area (Å²) in [6, 6.07) is 3.68. The summed E-state index contributed by atoms with van der Waals surface area (Å²) >= 11 is 0. The van der Waals surface area contributed by atoms with Crippen LogP contribution in [0.2, 0.25) is 0 Å². The molecular formula is C11H19N3O. The molecule has 0 aliphatic rings. The van der Waals surface area contributed by atoms with Crippen LogP contribution in [0, 0.1) is 0 Å². The van der Waals surface area contributed by atoms with Crippen LogP contribution >= 0.6 is 0 Å². The van der Waals surface area contributed by atoms with Crippen LogP contribution in [0.4, 0.5) is 11.5 Å². The first-order chi connectivity index (χ1) is 6.92. The Morgan fingerprint density at radius 1 is 1.47 bits per heavy atom. The highest BCUT2D eigenvalue weighted by Gasteiger charge is 2.17. The van der Waals surface area contributed by atoms with Gasteiger partial charge in [0.2, 0.25) is 0 Å². The van der Waals surface area contributed by atoms with Crippen LogP contribution in [0.1, 0.15) is 20.8 Å². The largest absolute Gasteiger partial charge is 0.397 e. The SMILES string of the molecule is CCN(CC(C)(C)O)c1ccc(N)cn1. The van der Waals surface area contributed by atoms with E-state index in [0.29, 0.717) is 12.2 Å². The van der Waals surface area contributed by atoms with Crippen molar-refractivity contribution in [3.8, 4) is 0 Å². The third-order valence-electron chi connectivity index (χ3n) is 2.05. The van der Waals surface area contributed by atoms with Crippen molar-refractivity contribution < 1.29 is 5.11 Å². The molecule has 0 saturated heterocycles. The summed E-state index contributed by atoms with van der Waals surface area (Å²) in [5, 5.41) is 9.74. The van der Waals surface area contributed by atoms with Crippen molar-refractivity contribution in [1.29, 1.82) is 0 Å². The van der Waals surface area contributed by atoms with Crippen LogP contribution in [0.25, 0.3) is 0 Å². The first kappa shape index (κ1) is 11.8. The van der Waals surface area contributed by atoms with Crippen LogP contribution in [-0.2, 0) is 0 Å². The van der Waals surface area contributed by atoms with Crippen LogP contribution in [0.5, 0.6) is 0 Å². The van der Waals surface area contributed by atoms with Gasteiger partial charge in [-0.15, -0.1) is 0 Å². The van der Waals surface area contributed by atoms with Gasteiger partial charge >= 0.3 is 0 Å². The highest BCUT2D eigenvalue weighted by molar-refractivity contribution is 5.45. The minimum Gasteiger partial charge on any atom is -0.397 e. The third-order valence-corrected chi connectivity index (χ3v) is 2.05. The molecule has 3 N–H and O–H groups in total. The maximum absolute atomic E-state index is 9.74. The quantitative estimate of drug-likeness (QED) is 0.783. The Hall–Kier alpha value is -1.29. The first-order valence-corrected chi connectivity index (χ1v) is 5.11. The second kappa shape index (κ2) is 4.49. The Morgan fingerprint density at radius 2 is 2.13 bits per heavy atom. The maximum Gasteiger partial charge on any atom is 0.128 e. The molecule has 0 aromatic carbocycles. The molecule has 0 aliphatic carbocycles. The smallest absolute Gasteiger partial charge is 0.128 e. The average Bonchev–Trinajstić information content (AvgIpc) is 2.14. The zero-order chi connectivity index (χ0) is 11.5. The fraction of sp³-hybridized carbons (Fsp3) is 0.545. The Kier molecular flexibility index (Phi) is 3.52. The lowest BCUT2D eigenvalue weighted by Gasteiger charge is -2.28. The normalized spacial score (nSPS) is 11.5. The predicted octanol–water partition coefficient (Wildman–Crippen LogP) is 1.26. The van der Waals surface area contributed by atoms with Gasteiger partial charge in [0, 0.05) is 13.1 Å². The first-order valence-electron chi connectivity index (χ1n) is 5.11. The van der Waals surface area contributed by atoms with Crippen LogP contribution in [0.3, 0.4) is 0 Å². The van der Waals surface area contributed by atoms with Gasteiger partial charge in [-0.2, -0.15) is 0 Å². The highest BCUT2D eigenvalue weighted by Crippen LogP contribution is 2.15. The van der Waals surface area contributed by atoms with Gasteiger partial charge in [0.25, 0.3) is 0 Å². The number of pyridine rings is 1. The third kappa shape index (κ3) is 3.75. The second-order valence-corrected chi connectivity index (χ2v) is 4.28. The topological polar surface area (TPSA) is 62.4 Å². The molecule has 0 saturated carbocycles. The number of aliphatic hydroxyl groups is 1. The molecule has 0 amide bonds. The Labute approximate surface area is 90.7 Å². The van der Waals surface area contributed by atoms with E-state index in [1.807, 2.05) is 24.0 Å². The predicted molar refractivity (Wildman–Crippen MR) is 62.8 cm³/mol. The molecule has 1 heterocycles. The molecule has 84 valence electrons. The number of nitrogens with two attached hydrogens (primary N) is 1. The van der Waals surface area contributed by atoms with E-state index in [-0.39, 0.29) is 0 Å². The number of rotatable bonds is 4. The second-order valence-electron chi connectivity index (χ2n) is 4.28. The molecule has 0 spiro atoms. The molecule has 0 bridgehead atoms. The number of nitrogen functional groups attached to an aromatic ring is 1. The summed E-state index contributed by atoms with van der Waals surface area (Å²) in [5.74, 6) is 0.842. The minimum atomic E-state index is -0.723. The van der Waals surface area contributed by atoms with Crippen LogP contribution in [-0.4, -0.2) is 28.8 Å². The van der Waals surface area contributed by atoms with Gasteiger partial charge in [0.05, 0.1) is 17.5 Å². The standard InChI is InChI=1S/C11H19N3O/c1-4-14(8-11(2,3)15)10-6-5-9(12)7-13-10/h5-7,15H,4,8,12H2,1-3H3. The number of nitrogens with zero attached hydrogens (tertiary/aromatic N) is 2. The van der Waals surface area contributed by atoms with Crippen molar-refractivity contribution in [1.82, 2.24) is 4.98 Å². The Morgan fingerprint density at radius 3 is 2.53 bits per heavy atom. The number of likely N-dealkylation sites (N-methyl/N-ethyl adjacent to an activating group) is 1. The van der Waals surface area contributed by atoms with E-state index < -0.39 is 5.60 Å². The van der Waals surface area contributed by atoms with E-state index in [2.05, 4.69) is 4.98 Å². The molecule has 1 aromatic rings. The van der Waals surface area contributed by atoms with E-state index in [4.69, 9.17) is 5.73 Å². The van der Waals surface area contributed by atoms with E-state index in [9.17, 15) is 5.11 Å². The van der Waals surface area contributed by atoms with Crippen molar-refractivity contribution in [3.63, 3.8) is 0 Å². The van der Waals surface area contributed by atoms with Gasteiger partial charge in [-0.05, 0) is 32.9 Å². The molecule has 1 rings (SSSR count). The molecule has 4 heteroatoms. The molecule has 0 radical (unpaired) electrons. The van der Waals surface area contributed by atoms with Crippen LogP contribution < -0.4 is 10.6 Å². The molecule has 15 heavy (non-hydrogen) atoms.